The molecule has 1 fully saturated rings. The van der Waals surface area contributed by atoms with Crippen LogP contribution in [0.5, 0.6) is 0 Å². The van der Waals surface area contributed by atoms with Crippen LogP contribution in [0.15, 0.2) is 12.1 Å². The van der Waals surface area contributed by atoms with E-state index < -0.39 is 32.9 Å². The van der Waals surface area contributed by atoms with Gasteiger partial charge in [0.1, 0.15) is 5.69 Å². The Bertz CT molecular complexity index is 605. The first-order valence-corrected chi connectivity index (χ1v) is 6.90. The summed E-state index contributed by atoms with van der Waals surface area (Å²) in [6.45, 7) is 1.37. The molecule has 22 heavy (non-hydrogen) atoms. The molecule has 1 aromatic carbocycles. The van der Waals surface area contributed by atoms with Crippen molar-refractivity contribution in [1.82, 2.24) is 0 Å². The zero-order valence-corrected chi connectivity index (χ0v) is 12.3. The summed E-state index contributed by atoms with van der Waals surface area (Å²) in [5.74, 6) is 0.109. The van der Waals surface area contributed by atoms with E-state index in [1.54, 1.807) is 6.92 Å². The van der Waals surface area contributed by atoms with E-state index in [-0.39, 0.29) is 18.2 Å². The van der Waals surface area contributed by atoms with Crippen LogP contribution in [0.25, 0.3) is 0 Å². The standard InChI is InChI=1S/C13H14ClF3N2O3/c1-12(6-20,7-2-3-7)18-10-5-9(14)8(13(15,16)17)4-11(10)19(21)22/h4-5,7,18,20H,2-3,6H2,1H3. The van der Waals surface area contributed by atoms with Gasteiger partial charge in [-0.1, -0.05) is 11.6 Å². The van der Waals surface area contributed by atoms with Crippen LogP contribution in [0.3, 0.4) is 0 Å². The average Bonchev–Trinajstić information content (AvgIpc) is 3.21. The van der Waals surface area contributed by atoms with Crippen molar-refractivity contribution in [3.8, 4) is 0 Å². The van der Waals surface area contributed by atoms with E-state index in [9.17, 15) is 28.4 Å². The molecule has 1 unspecified atom stereocenters. The van der Waals surface area contributed by atoms with Crippen LogP contribution in [-0.2, 0) is 6.18 Å². The summed E-state index contributed by atoms with van der Waals surface area (Å²) in [4.78, 5) is 10.2. The van der Waals surface area contributed by atoms with Crippen LogP contribution in [0.2, 0.25) is 5.02 Å². The number of alkyl halides is 3. The van der Waals surface area contributed by atoms with E-state index in [0.29, 0.717) is 6.07 Å². The lowest BCUT2D eigenvalue weighted by molar-refractivity contribution is -0.384. The third-order valence-electron chi connectivity index (χ3n) is 3.81. The zero-order chi connectivity index (χ0) is 16.7. The first-order valence-electron chi connectivity index (χ1n) is 6.52. The monoisotopic (exact) mass is 338 g/mol. The number of aliphatic hydroxyl groups is 1. The molecule has 0 bridgehead atoms. The average molecular weight is 339 g/mol. The van der Waals surface area contributed by atoms with E-state index in [1.165, 1.54) is 0 Å². The number of hydrogen-bond acceptors (Lipinski definition) is 4. The first-order chi connectivity index (χ1) is 10.1. The molecular formula is C13H14ClF3N2O3. The number of nitrogens with one attached hydrogen (secondary N) is 1. The van der Waals surface area contributed by atoms with Crippen molar-refractivity contribution in [3.05, 3.63) is 32.8 Å². The summed E-state index contributed by atoms with van der Waals surface area (Å²) in [5, 5.41) is 22.7. The van der Waals surface area contributed by atoms with Gasteiger partial charge in [-0.15, -0.1) is 0 Å². The minimum atomic E-state index is -4.78. The highest BCUT2D eigenvalue weighted by molar-refractivity contribution is 6.31. The third kappa shape index (κ3) is 3.27. The van der Waals surface area contributed by atoms with Crippen molar-refractivity contribution < 1.29 is 23.2 Å². The van der Waals surface area contributed by atoms with Crippen molar-refractivity contribution in [2.75, 3.05) is 11.9 Å². The smallest absolute Gasteiger partial charge is 0.394 e. The third-order valence-corrected chi connectivity index (χ3v) is 4.13. The summed E-state index contributed by atoms with van der Waals surface area (Å²) in [6, 6.07) is 1.30. The van der Waals surface area contributed by atoms with Crippen molar-refractivity contribution in [2.45, 2.75) is 31.5 Å². The Morgan fingerprint density at radius 2 is 2.05 bits per heavy atom. The van der Waals surface area contributed by atoms with Crippen molar-refractivity contribution in [2.24, 2.45) is 5.92 Å². The number of nitro benzene ring substituents is 1. The highest BCUT2D eigenvalue weighted by Gasteiger charge is 2.43. The molecule has 0 heterocycles. The second-order valence-corrected chi connectivity index (χ2v) is 5.99. The fourth-order valence-electron chi connectivity index (χ4n) is 2.33. The number of nitro groups is 1. The highest BCUT2D eigenvalue weighted by Crippen LogP contribution is 2.45. The van der Waals surface area contributed by atoms with Crippen LogP contribution < -0.4 is 5.32 Å². The largest absolute Gasteiger partial charge is 0.418 e. The van der Waals surface area contributed by atoms with Gasteiger partial charge in [0.05, 0.1) is 27.7 Å². The van der Waals surface area contributed by atoms with Gasteiger partial charge in [-0.2, -0.15) is 13.2 Å². The molecule has 9 heteroatoms. The van der Waals surface area contributed by atoms with Gasteiger partial charge in [0.15, 0.2) is 0 Å². The van der Waals surface area contributed by atoms with Crippen molar-refractivity contribution in [3.63, 3.8) is 0 Å². The predicted octanol–water partition coefficient (Wildman–Crippen LogP) is 3.84. The Labute approximate surface area is 129 Å². The Balaban J connectivity index is 2.47. The maximum absolute atomic E-state index is 12.8. The maximum atomic E-state index is 12.8. The lowest BCUT2D eigenvalue weighted by Gasteiger charge is -2.30. The molecule has 2 rings (SSSR count). The number of rotatable bonds is 5. The summed E-state index contributed by atoms with van der Waals surface area (Å²) in [5.41, 5.74) is -2.96. The van der Waals surface area contributed by atoms with Gasteiger partial charge < -0.3 is 10.4 Å². The number of nitrogens with zero attached hydrogens (tertiary/aromatic N) is 1. The van der Waals surface area contributed by atoms with Crippen LogP contribution in [-0.4, -0.2) is 22.2 Å². The van der Waals surface area contributed by atoms with Gasteiger partial charge in [0, 0.05) is 6.07 Å². The Morgan fingerprint density at radius 1 is 1.45 bits per heavy atom. The molecule has 1 aromatic rings. The quantitative estimate of drug-likeness (QED) is 0.632. The topological polar surface area (TPSA) is 75.4 Å². The molecule has 122 valence electrons. The van der Waals surface area contributed by atoms with Crippen molar-refractivity contribution >= 4 is 23.0 Å². The predicted molar refractivity (Wildman–Crippen MR) is 74.9 cm³/mol. The van der Waals surface area contributed by atoms with Gasteiger partial charge >= 0.3 is 6.18 Å². The summed E-state index contributed by atoms with van der Waals surface area (Å²) < 4.78 is 38.4. The van der Waals surface area contributed by atoms with Crippen LogP contribution in [0.4, 0.5) is 24.5 Å². The summed E-state index contributed by atoms with van der Waals surface area (Å²) >= 11 is 5.61. The Morgan fingerprint density at radius 3 is 2.45 bits per heavy atom. The number of anilines is 1. The van der Waals surface area contributed by atoms with Gasteiger partial charge in [-0.3, -0.25) is 10.1 Å². The number of benzene rings is 1. The van der Waals surface area contributed by atoms with Crippen LogP contribution in [0, 0.1) is 16.0 Å². The molecule has 1 aliphatic rings. The molecule has 0 amide bonds. The SMILES string of the molecule is CC(CO)(Nc1cc(Cl)c(C(F)(F)F)cc1[N+](=O)[O-])C1CC1. The molecular weight excluding hydrogens is 325 g/mol. The van der Waals surface area contributed by atoms with Gasteiger partial charge in [-0.05, 0) is 31.7 Å². The second-order valence-electron chi connectivity index (χ2n) is 5.58. The fraction of sp³-hybridized carbons (Fsp3) is 0.538. The molecule has 0 aromatic heterocycles. The molecule has 0 saturated heterocycles. The minimum absolute atomic E-state index is 0.109. The second kappa shape index (κ2) is 5.58. The van der Waals surface area contributed by atoms with E-state index >= 15 is 0 Å². The Hall–Kier alpha value is -1.54. The van der Waals surface area contributed by atoms with Gasteiger partial charge in [-0.25, -0.2) is 0 Å². The molecule has 0 aliphatic heterocycles. The fourth-order valence-corrected chi connectivity index (χ4v) is 2.60. The minimum Gasteiger partial charge on any atom is -0.394 e. The molecule has 0 spiro atoms. The molecule has 0 radical (unpaired) electrons. The number of aliphatic hydroxyl groups excluding tert-OH is 1. The molecule has 5 nitrogen and oxygen atoms in total. The highest BCUT2D eigenvalue weighted by atomic mass is 35.5. The summed E-state index contributed by atoms with van der Waals surface area (Å²) in [7, 11) is 0. The first kappa shape index (κ1) is 16.8. The maximum Gasteiger partial charge on any atom is 0.418 e. The van der Waals surface area contributed by atoms with Crippen LogP contribution >= 0.6 is 11.6 Å². The lowest BCUT2D eigenvalue weighted by Crippen LogP contribution is -2.41. The molecule has 1 atom stereocenters. The molecule has 2 N–H and O–H groups in total. The zero-order valence-electron chi connectivity index (χ0n) is 11.6. The van der Waals surface area contributed by atoms with Gasteiger partial charge in [0.25, 0.3) is 5.69 Å². The molecule has 1 saturated carbocycles. The van der Waals surface area contributed by atoms with E-state index in [4.69, 9.17) is 11.6 Å². The lowest BCUT2D eigenvalue weighted by atomic mass is 9.96. The van der Waals surface area contributed by atoms with Crippen LogP contribution in [0.1, 0.15) is 25.3 Å². The number of halogens is 4. The number of hydrogen-bond donors (Lipinski definition) is 2. The van der Waals surface area contributed by atoms with E-state index in [2.05, 4.69) is 5.32 Å². The molecule has 1 aliphatic carbocycles. The van der Waals surface area contributed by atoms with E-state index in [0.717, 1.165) is 18.9 Å². The Kier molecular flexibility index (Phi) is 4.27. The van der Waals surface area contributed by atoms with E-state index in [1.807, 2.05) is 0 Å². The van der Waals surface area contributed by atoms with Crippen molar-refractivity contribution in [1.29, 1.82) is 0 Å². The normalized spacial score (nSPS) is 17.9. The summed E-state index contributed by atoms with van der Waals surface area (Å²) in [6.07, 6.45) is -3.10. The van der Waals surface area contributed by atoms with Gasteiger partial charge in [0.2, 0.25) is 0 Å².